The van der Waals surface area contributed by atoms with Gasteiger partial charge >= 0.3 is 12.3 Å². The van der Waals surface area contributed by atoms with Crippen LogP contribution in [0.3, 0.4) is 0 Å². The van der Waals surface area contributed by atoms with Crippen molar-refractivity contribution in [3.63, 3.8) is 0 Å². The Kier molecular flexibility index (Phi) is 2.00. The number of halogens is 5. The lowest BCUT2D eigenvalue weighted by atomic mass is 10.6. The average molecular weight is 149 g/mol. The van der Waals surface area contributed by atoms with E-state index in [0.717, 1.165) is 0 Å². The number of hydrogen-bond donors (Lipinski definition) is 0. The summed E-state index contributed by atoms with van der Waals surface area (Å²) < 4.78 is 57.9. The van der Waals surface area contributed by atoms with Gasteiger partial charge in [-0.2, -0.15) is 22.0 Å². The zero-order valence-electron chi connectivity index (χ0n) is 4.01. The molecule has 0 saturated carbocycles. The number of hydrogen-bond acceptors (Lipinski definition) is 1. The summed E-state index contributed by atoms with van der Waals surface area (Å²) in [7, 11) is 1.95. The molecule has 0 unspecified atom stereocenters. The first kappa shape index (κ1) is 8.61. The number of ether oxygens (including phenoxy) is 1. The summed E-state index contributed by atoms with van der Waals surface area (Å²) in [6.45, 7) is 0. The van der Waals surface area contributed by atoms with Gasteiger partial charge in [-0.15, -0.1) is 0 Å². The molecule has 0 bridgehead atoms. The van der Waals surface area contributed by atoms with Crippen LogP contribution < -0.4 is 0 Å². The Morgan fingerprint density at radius 2 is 1.33 bits per heavy atom. The first-order valence-electron chi connectivity index (χ1n) is 1.69. The van der Waals surface area contributed by atoms with E-state index in [0.29, 0.717) is 0 Å². The van der Waals surface area contributed by atoms with Gasteiger partial charge in [0.2, 0.25) is 0 Å². The van der Waals surface area contributed by atoms with Gasteiger partial charge < -0.3 is 4.74 Å². The van der Waals surface area contributed by atoms with Crippen molar-refractivity contribution in [3.8, 4) is 0 Å². The van der Waals surface area contributed by atoms with Gasteiger partial charge in [0, 0.05) is 0 Å². The molecule has 0 amide bonds. The summed E-state index contributed by atoms with van der Waals surface area (Å²) in [6.07, 6.45) is -10.8. The molecule has 0 aromatic heterocycles. The van der Waals surface area contributed by atoms with Crippen LogP contribution in [0.4, 0.5) is 22.0 Å². The summed E-state index contributed by atoms with van der Waals surface area (Å²) in [6, 6.07) is 0. The van der Waals surface area contributed by atoms with Crippen molar-refractivity contribution in [2.75, 3.05) is 0 Å². The zero-order valence-corrected chi connectivity index (χ0v) is 4.01. The smallest absolute Gasteiger partial charge is 0.311 e. The molecule has 0 rings (SSSR count). The minimum atomic E-state index is -5.67. The van der Waals surface area contributed by atoms with Crippen molar-refractivity contribution in [3.05, 3.63) is 7.11 Å². The van der Waals surface area contributed by atoms with Gasteiger partial charge in [-0.1, -0.05) is 0 Å². The summed E-state index contributed by atoms with van der Waals surface area (Å²) in [4.78, 5) is 0. The van der Waals surface area contributed by atoms with Crippen LogP contribution in [0.2, 0.25) is 0 Å². The molecule has 0 aromatic carbocycles. The maximum Gasteiger partial charge on any atom is 0.482 e. The Hall–Kier alpha value is -0.390. The van der Waals surface area contributed by atoms with Crippen molar-refractivity contribution in [2.24, 2.45) is 0 Å². The molecular formula is C3H2F5O. The number of alkyl halides is 5. The fraction of sp³-hybridized carbons (Fsp3) is 0.667. The maximum atomic E-state index is 11.2. The van der Waals surface area contributed by atoms with E-state index in [1.807, 2.05) is 7.11 Å². The predicted octanol–water partition coefficient (Wildman–Crippen LogP) is 1.95. The molecule has 0 aliphatic rings. The minimum absolute atomic E-state index is 1.95. The summed E-state index contributed by atoms with van der Waals surface area (Å²) in [5, 5.41) is 0. The van der Waals surface area contributed by atoms with Crippen LogP contribution in [-0.4, -0.2) is 12.3 Å². The average Bonchev–Trinajstić information content (AvgIpc) is 1.64. The molecule has 0 fully saturated rings. The van der Waals surface area contributed by atoms with Crippen molar-refractivity contribution in [2.45, 2.75) is 12.3 Å². The Balaban J connectivity index is 4.14. The molecule has 6 heteroatoms. The van der Waals surface area contributed by atoms with Crippen molar-refractivity contribution < 1.29 is 26.7 Å². The van der Waals surface area contributed by atoms with E-state index in [1.165, 1.54) is 0 Å². The van der Waals surface area contributed by atoms with Crippen LogP contribution in [0, 0.1) is 7.11 Å². The van der Waals surface area contributed by atoms with E-state index in [2.05, 4.69) is 4.74 Å². The van der Waals surface area contributed by atoms with Gasteiger partial charge in [0.1, 0.15) is 0 Å². The quantitative estimate of drug-likeness (QED) is 0.517. The normalized spacial score (nSPS) is 14.0. The first-order valence-corrected chi connectivity index (χ1v) is 1.69. The third-order valence-electron chi connectivity index (χ3n) is 0.511. The van der Waals surface area contributed by atoms with E-state index in [1.54, 1.807) is 0 Å². The molecule has 9 heavy (non-hydrogen) atoms. The van der Waals surface area contributed by atoms with Crippen LogP contribution in [0.5, 0.6) is 0 Å². The van der Waals surface area contributed by atoms with E-state index >= 15 is 0 Å². The van der Waals surface area contributed by atoms with Gasteiger partial charge in [-0.3, -0.25) is 0 Å². The molecule has 0 spiro atoms. The van der Waals surface area contributed by atoms with E-state index in [4.69, 9.17) is 0 Å². The standard InChI is InChI=1S/C3H2F5O/c1-9-3(7,8)2(4,5)6/h1H2. The second kappa shape index (κ2) is 2.09. The van der Waals surface area contributed by atoms with Gasteiger partial charge in [-0.05, 0) is 0 Å². The Morgan fingerprint density at radius 1 is 1.00 bits per heavy atom. The van der Waals surface area contributed by atoms with Crippen molar-refractivity contribution >= 4 is 0 Å². The highest BCUT2D eigenvalue weighted by Gasteiger charge is 2.58. The third kappa shape index (κ3) is 1.78. The molecule has 1 radical (unpaired) electrons. The predicted molar refractivity (Wildman–Crippen MR) is 17.4 cm³/mol. The van der Waals surface area contributed by atoms with E-state index in [9.17, 15) is 22.0 Å². The molecule has 1 nitrogen and oxygen atoms in total. The number of rotatable bonds is 1. The molecule has 0 atom stereocenters. The summed E-state index contributed by atoms with van der Waals surface area (Å²) >= 11 is 0. The third-order valence-corrected chi connectivity index (χ3v) is 0.511. The lowest BCUT2D eigenvalue weighted by Crippen LogP contribution is -2.37. The van der Waals surface area contributed by atoms with Crippen LogP contribution in [0.1, 0.15) is 0 Å². The van der Waals surface area contributed by atoms with E-state index < -0.39 is 12.3 Å². The highest BCUT2D eigenvalue weighted by Crippen LogP contribution is 2.35. The van der Waals surface area contributed by atoms with Crippen LogP contribution in [-0.2, 0) is 4.74 Å². The SMILES string of the molecule is [CH2]OC(F)(F)C(F)(F)F. The van der Waals surface area contributed by atoms with Crippen molar-refractivity contribution in [1.82, 2.24) is 0 Å². The van der Waals surface area contributed by atoms with Gasteiger partial charge in [0.05, 0.1) is 7.11 Å². The molecule has 0 saturated heterocycles. The van der Waals surface area contributed by atoms with Gasteiger partial charge in [0.15, 0.2) is 0 Å². The summed E-state index contributed by atoms with van der Waals surface area (Å²) in [5.74, 6) is 0. The molecule has 0 aliphatic carbocycles. The zero-order chi connectivity index (χ0) is 7.71. The first-order chi connectivity index (χ1) is 3.81. The Labute approximate surface area is 47.4 Å². The summed E-state index contributed by atoms with van der Waals surface area (Å²) in [5.41, 5.74) is 0. The highest BCUT2D eigenvalue weighted by atomic mass is 19.4. The molecular weight excluding hydrogens is 147 g/mol. The van der Waals surface area contributed by atoms with Gasteiger partial charge in [-0.25, -0.2) is 0 Å². The lowest BCUT2D eigenvalue weighted by Gasteiger charge is -2.15. The second-order valence-electron chi connectivity index (χ2n) is 1.16. The Bertz CT molecular complexity index is 94.9. The Morgan fingerprint density at radius 3 is 1.33 bits per heavy atom. The van der Waals surface area contributed by atoms with Crippen LogP contribution >= 0.6 is 0 Å². The molecule has 0 N–H and O–H groups in total. The minimum Gasteiger partial charge on any atom is -0.311 e. The van der Waals surface area contributed by atoms with Gasteiger partial charge in [0.25, 0.3) is 0 Å². The van der Waals surface area contributed by atoms with E-state index in [-0.39, 0.29) is 0 Å². The monoisotopic (exact) mass is 149 g/mol. The topological polar surface area (TPSA) is 9.23 Å². The second-order valence-corrected chi connectivity index (χ2v) is 1.16. The maximum absolute atomic E-state index is 11.2. The molecule has 0 aliphatic heterocycles. The lowest BCUT2D eigenvalue weighted by molar-refractivity contribution is -0.376. The van der Waals surface area contributed by atoms with Crippen LogP contribution in [0.15, 0.2) is 0 Å². The largest absolute Gasteiger partial charge is 0.482 e. The molecule has 0 aromatic rings. The van der Waals surface area contributed by atoms with Crippen LogP contribution in [0.25, 0.3) is 0 Å². The highest BCUT2D eigenvalue weighted by molar-refractivity contribution is 4.62. The fourth-order valence-electron chi connectivity index (χ4n) is 0.0818. The van der Waals surface area contributed by atoms with Crippen molar-refractivity contribution in [1.29, 1.82) is 0 Å². The molecule has 0 heterocycles. The fourth-order valence-corrected chi connectivity index (χ4v) is 0.0818. The molecule has 55 valence electrons.